The lowest BCUT2D eigenvalue weighted by Gasteiger charge is -2.12. The number of nitrogens with one attached hydrogen (secondary N) is 1. The fourth-order valence-electron chi connectivity index (χ4n) is 1.79. The van der Waals surface area contributed by atoms with Crippen LogP contribution in [0.5, 0.6) is 0 Å². The smallest absolute Gasteiger partial charge is 0.370 e. The highest BCUT2D eigenvalue weighted by Crippen LogP contribution is 2.35. The summed E-state index contributed by atoms with van der Waals surface area (Å²) in [7, 11) is 0. The molecule has 2 aromatic heterocycles. The van der Waals surface area contributed by atoms with Crippen molar-refractivity contribution in [3.8, 4) is 10.6 Å². The number of nitrogens with zero attached hydrogens (tertiary/aromatic N) is 1. The molecule has 0 spiro atoms. The summed E-state index contributed by atoms with van der Waals surface area (Å²) in [5.41, 5.74) is 0.628. The van der Waals surface area contributed by atoms with E-state index in [2.05, 4.69) is 10.3 Å². The molecule has 0 radical (unpaired) electrons. The predicted octanol–water partition coefficient (Wildman–Crippen LogP) is 4.96. The molecule has 6 heteroatoms. The molecule has 0 aliphatic carbocycles. The molecular weight excluding hydrogens is 285 g/mol. The number of aromatic nitrogens is 1. The van der Waals surface area contributed by atoms with Gasteiger partial charge in [0.1, 0.15) is 5.82 Å². The number of hydrogen-bond acceptors (Lipinski definition) is 3. The summed E-state index contributed by atoms with van der Waals surface area (Å²) < 4.78 is 38.9. The first kappa shape index (κ1) is 14.8. The normalized spacial score (nSPS) is 11.7. The van der Waals surface area contributed by atoms with E-state index in [1.54, 1.807) is 0 Å². The monoisotopic (exact) mass is 300 g/mol. The summed E-state index contributed by atoms with van der Waals surface area (Å²) >= 11 is 1.40. The summed E-state index contributed by atoms with van der Waals surface area (Å²) in [6.45, 7) is 4.41. The third kappa shape index (κ3) is 3.30. The van der Waals surface area contributed by atoms with Gasteiger partial charge in [0.15, 0.2) is 0 Å². The van der Waals surface area contributed by atoms with Gasteiger partial charge in [-0.05, 0) is 42.5 Å². The fourth-order valence-corrected chi connectivity index (χ4v) is 2.68. The third-order valence-electron chi connectivity index (χ3n) is 2.80. The van der Waals surface area contributed by atoms with E-state index in [0.717, 1.165) is 29.0 Å². The van der Waals surface area contributed by atoms with Gasteiger partial charge >= 0.3 is 6.18 Å². The number of hydrogen-bond donors (Lipinski definition) is 1. The minimum Gasteiger partial charge on any atom is -0.370 e. The van der Waals surface area contributed by atoms with Crippen LogP contribution in [0.4, 0.5) is 19.0 Å². The van der Waals surface area contributed by atoms with Crippen LogP contribution in [0.25, 0.3) is 10.6 Å². The van der Waals surface area contributed by atoms with E-state index < -0.39 is 11.7 Å². The molecule has 0 saturated heterocycles. The van der Waals surface area contributed by atoms with Gasteiger partial charge in [0.05, 0.1) is 16.1 Å². The SMILES string of the molecule is CCCNc1cc(C(F)(F)F)cc(-c2sccc2C)n1. The van der Waals surface area contributed by atoms with Crippen LogP contribution in [0.2, 0.25) is 0 Å². The Hall–Kier alpha value is -1.56. The zero-order valence-electron chi connectivity index (χ0n) is 11.2. The van der Waals surface area contributed by atoms with Crippen LogP contribution in [0.3, 0.4) is 0 Å². The molecule has 2 heterocycles. The van der Waals surface area contributed by atoms with Crippen LogP contribution in [0.15, 0.2) is 23.6 Å². The van der Waals surface area contributed by atoms with E-state index in [9.17, 15) is 13.2 Å². The van der Waals surface area contributed by atoms with Crippen molar-refractivity contribution in [3.05, 3.63) is 34.7 Å². The van der Waals surface area contributed by atoms with Gasteiger partial charge in [0.2, 0.25) is 0 Å². The van der Waals surface area contributed by atoms with Gasteiger partial charge in [-0.15, -0.1) is 11.3 Å². The molecule has 0 saturated carbocycles. The molecule has 1 N–H and O–H groups in total. The molecule has 0 unspecified atom stereocenters. The highest BCUT2D eigenvalue weighted by atomic mass is 32.1. The van der Waals surface area contributed by atoms with E-state index in [1.165, 1.54) is 11.3 Å². The van der Waals surface area contributed by atoms with Gasteiger partial charge in [-0.3, -0.25) is 0 Å². The second-order valence-corrected chi connectivity index (χ2v) is 5.40. The van der Waals surface area contributed by atoms with E-state index in [0.29, 0.717) is 12.2 Å². The van der Waals surface area contributed by atoms with E-state index in [1.807, 2.05) is 25.3 Å². The minimum absolute atomic E-state index is 0.268. The second-order valence-electron chi connectivity index (χ2n) is 4.48. The Morgan fingerprint density at radius 1 is 1.30 bits per heavy atom. The van der Waals surface area contributed by atoms with Gasteiger partial charge in [-0.1, -0.05) is 6.92 Å². The molecule has 0 atom stereocenters. The Kier molecular flexibility index (Phi) is 4.32. The van der Waals surface area contributed by atoms with Crippen molar-refractivity contribution >= 4 is 17.2 Å². The number of rotatable bonds is 4. The largest absolute Gasteiger partial charge is 0.416 e. The molecule has 0 bridgehead atoms. The van der Waals surface area contributed by atoms with Crippen LogP contribution in [0, 0.1) is 6.92 Å². The molecule has 0 aromatic carbocycles. The molecule has 2 nitrogen and oxygen atoms in total. The van der Waals surface area contributed by atoms with Gasteiger partial charge < -0.3 is 5.32 Å². The highest BCUT2D eigenvalue weighted by Gasteiger charge is 2.32. The Bertz CT molecular complexity index is 590. The summed E-state index contributed by atoms with van der Waals surface area (Å²) in [4.78, 5) is 5.06. The number of aryl methyl sites for hydroxylation is 1. The fraction of sp³-hybridized carbons (Fsp3) is 0.357. The zero-order chi connectivity index (χ0) is 14.8. The molecule has 2 rings (SSSR count). The molecule has 0 fully saturated rings. The molecule has 108 valence electrons. The van der Waals surface area contributed by atoms with Gasteiger partial charge in [0, 0.05) is 6.54 Å². The van der Waals surface area contributed by atoms with E-state index >= 15 is 0 Å². The maximum Gasteiger partial charge on any atom is 0.416 e. The van der Waals surface area contributed by atoms with E-state index in [4.69, 9.17) is 0 Å². The van der Waals surface area contributed by atoms with Crippen molar-refractivity contribution in [1.29, 1.82) is 0 Å². The summed E-state index contributed by atoms with van der Waals surface area (Å²) in [5.74, 6) is 0.268. The van der Waals surface area contributed by atoms with E-state index in [-0.39, 0.29) is 5.82 Å². The topological polar surface area (TPSA) is 24.9 Å². The Morgan fingerprint density at radius 3 is 2.60 bits per heavy atom. The van der Waals surface area contributed by atoms with Crippen molar-refractivity contribution in [3.63, 3.8) is 0 Å². The van der Waals surface area contributed by atoms with Crippen molar-refractivity contribution in [1.82, 2.24) is 4.98 Å². The van der Waals surface area contributed by atoms with Gasteiger partial charge in [-0.25, -0.2) is 4.98 Å². The Balaban J connectivity index is 2.48. The number of halogens is 3. The Morgan fingerprint density at radius 2 is 2.05 bits per heavy atom. The van der Waals surface area contributed by atoms with Gasteiger partial charge in [0.25, 0.3) is 0 Å². The minimum atomic E-state index is -4.37. The molecular formula is C14H15F3N2S. The average molecular weight is 300 g/mol. The van der Waals surface area contributed by atoms with Crippen LogP contribution in [-0.4, -0.2) is 11.5 Å². The first-order valence-corrected chi connectivity index (χ1v) is 7.17. The number of anilines is 1. The first-order valence-electron chi connectivity index (χ1n) is 6.29. The average Bonchev–Trinajstić information content (AvgIpc) is 2.81. The predicted molar refractivity (Wildman–Crippen MR) is 76.1 cm³/mol. The zero-order valence-corrected chi connectivity index (χ0v) is 12.0. The maximum absolute atomic E-state index is 13.0. The molecule has 20 heavy (non-hydrogen) atoms. The molecule has 2 aromatic rings. The van der Waals surface area contributed by atoms with Crippen molar-refractivity contribution in [2.24, 2.45) is 0 Å². The van der Waals surface area contributed by atoms with Crippen LogP contribution < -0.4 is 5.32 Å². The lowest BCUT2D eigenvalue weighted by Crippen LogP contribution is -2.09. The molecule has 0 amide bonds. The molecule has 0 aliphatic heterocycles. The molecule has 0 aliphatic rings. The second kappa shape index (κ2) is 5.83. The first-order chi connectivity index (χ1) is 9.41. The van der Waals surface area contributed by atoms with Crippen LogP contribution in [-0.2, 0) is 6.18 Å². The summed E-state index contributed by atoms with van der Waals surface area (Å²) in [5, 5.41) is 4.78. The summed E-state index contributed by atoms with van der Waals surface area (Å²) in [6.07, 6.45) is -3.54. The lowest BCUT2D eigenvalue weighted by atomic mass is 10.1. The van der Waals surface area contributed by atoms with Crippen molar-refractivity contribution < 1.29 is 13.2 Å². The van der Waals surface area contributed by atoms with Crippen LogP contribution in [0.1, 0.15) is 24.5 Å². The standard InChI is InChI=1S/C14H15F3N2S/c1-3-5-18-12-8-10(14(15,16)17)7-11(19-12)13-9(2)4-6-20-13/h4,6-8H,3,5H2,1-2H3,(H,18,19). The number of thiophene rings is 1. The number of alkyl halides is 3. The third-order valence-corrected chi connectivity index (χ3v) is 3.84. The number of pyridine rings is 1. The van der Waals surface area contributed by atoms with Crippen molar-refractivity contribution in [2.75, 3.05) is 11.9 Å². The quantitative estimate of drug-likeness (QED) is 0.863. The van der Waals surface area contributed by atoms with Gasteiger partial charge in [-0.2, -0.15) is 13.2 Å². The summed E-state index contributed by atoms with van der Waals surface area (Å²) in [6, 6.07) is 4.04. The Labute approximate surface area is 119 Å². The lowest BCUT2D eigenvalue weighted by molar-refractivity contribution is -0.137. The van der Waals surface area contributed by atoms with Crippen LogP contribution >= 0.6 is 11.3 Å². The van der Waals surface area contributed by atoms with Crippen molar-refractivity contribution in [2.45, 2.75) is 26.4 Å². The maximum atomic E-state index is 13.0. The highest BCUT2D eigenvalue weighted by molar-refractivity contribution is 7.13.